The predicted octanol–water partition coefficient (Wildman–Crippen LogP) is 13.7. The van der Waals surface area contributed by atoms with E-state index in [-0.39, 0.29) is 51.9 Å². The lowest BCUT2D eigenvalue weighted by Gasteiger charge is -2.19. The van der Waals surface area contributed by atoms with Gasteiger partial charge in [-0.15, -0.1) is 0 Å². The summed E-state index contributed by atoms with van der Waals surface area (Å²) in [6.45, 7) is 0. The summed E-state index contributed by atoms with van der Waals surface area (Å²) in [5.74, 6) is 0. The number of rotatable bonds is 4. The number of fused-ring (bicyclic) bond motifs is 7. The van der Waals surface area contributed by atoms with Gasteiger partial charge in [0.25, 0.3) is 0 Å². The van der Waals surface area contributed by atoms with Gasteiger partial charge in [-0.2, -0.15) is 0 Å². The summed E-state index contributed by atoms with van der Waals surface area (Å²) < 4.78 is 72.7. The van der Waals surface area contributed by atoms with Gasteiger partial charge in [0.1, 0.15) is 11.2 Å². The molecule has 1 aromatic heterocycles. The minimum atomic E-state index is -0.405. The third kappa shape index (κ3) is 4.40. The van der Waals surface area contributed by atoms with Crippen LogP contribution in [0.3, 0.4) is 0 Å². The van der Waals surface area contributed by atoms with Gasteiger partial charge in [0.2, 0.25) is 0 Å². The Balaban J connectivity index is 1.45. The maximum atomic E-state index is 10.0. The van der Waals surface area contributed by atoms with E-state index in [4.69, 9.17) is 7.16 Å². The average molecular weight is 630 g/mol. The van der Waals surface area contributed by atoms with Crippen molar-refractivity contribution in [3.05, 3.63) is 182 Å². The summed E-state index contributed by atoms with van der Waals surface area (Å²) in [7, 11) is 0. The molecule has 9 aromatic carbocycles. The molecule has 0 aliphatic carbocycles. The molecule has 0 saturated carbocycles. The van der Waals surface area contributed by atoms with Crippen molar-refractivity contribution in [1.29, 1.82) is 0 Å². The fraction of sp³-hybridized carbons (Fsp3) is 0. The standard InChI is InChI=1S/C48H30O/c1-3-12-31(13-4-1)33-22-24-35(25-23-33)45-38-18-9-10-19-39(38)46(43-30-36(27-28-40(43)45)32-14-5-2-6-15-32)41-20-11-21-44-47(41)42-29-26-34-16-7-8-17-37(34)48(42)49-44/h1-30H/i9D,10D,18D,19D,27D,28D,30D. The average Bonchev–Trinajstić information content (AvgIpc) is 3.64. The molecule has 49 heavy (non-hydrogen) atoms. The first-order valence-electron chi connectivity index (χ1n) is 19.8. The van der Waals surface area contributed by atoms with Crippen molar-refractivity contribution in [3.63, 3.8) is 0 Å². The van der Waals surface area contributed by atoms with Crippen molar-refractivity contribution >= 4 is 54.3 Å². The number of furan rings is 1. The molecule has 0 spiro atoms. The third-order valence-electron chi connectivity index (χ3n) is 9.50. The molecule has 0 aliphatic heterocycles. The summed E-state index contributed by atoms with van der Waals surface area (Å²) in [6.07, 6.45) is 0. The van der Waals surface area contributed by atoms with Gasteiger partial charge in [-0.1, -0.05) is 164 Å². The first kappa shape index (κ1) is 21.4. The summed E-state index contributed by atoms with van der Waals surface area (Å²) in [4.78, 5) is 0. The van der Waals surface area contributed by atoms with Crippen molar-refractivity contribution in [1.82, 2.24) is 0 Å². The van der Waals surface area contributed by atoms with E-state index < -0.39 is 12.1 Å². The molecule has 1 heteroatoms. The molecule has 10 aromatic rings. The lowest BCUT2D eigenvalue weighted by atomic mass is 9.83. The normalized spacial score (nSPS) is 13.7. The van der Waals surface area contributed by atoms with Crippen LogP contribution < -0.4 is 0 Å². The molecule has 228 valence electrons. The van der Waals surface area contributed by atoms with Crippen LogP contribution in [0, 0.1) is 0 Å². The Morgan fingerprint density at radius 2 is 1.02 bits per heavy atom. The Bertz CT molecular complexity index is 3250. The fourth-order valence-electron chi connectivity index (χ4n) is 7.25. The predicted molar refractivity (Wildman–Crippen MR) is 208 cm³/mol. The highest BCUT2D eigenvalue weighted by Crippen LogP contribution is 2.48. The van der Waals surface area contributed by atoms with Crippen LogP contribution >= 0.6 is 0 Å². The van der Waals surface area contributed by atoms with Gasteiger partial charge in [-0.3, -0.25) is 0 Å². The molecule has 0 unspecified atom stereocenters. The zero-order valence-corrected chi connectivity index (χ0v) is 26.2. The molecule has 0 bridgehead atoms. The second-order valence-corrected chi connectivity index (χ2v) is 12.3. The van der Waals surface area contributed by atoms with Gasteiger partial charge >= 0.3 is 0 Å². The molecule has 0 N–H and O–H groups in total. The highest BCUT2D eigenvalue weighted by Gasteiger charge is 2.21. The molecule has 1 heterocycles. The minimum absolute atomic E-state index is 0.00563. The van der Waals surface area contributed by atoms with E-state index in [1.54, 1.807) is 0 Å². The smallest absolute Gasteiger partial charge is 0.143 e. The van der Waals surface area contributed by atoms with Gasteiger partial charge in [-0.05, 0) is 89.6 Å². The van der Waals surface area contributed by atoms with Crippen LogP contribution in [-0.2, 0) is 0 Å². The Kier molecular flexibility index (Phi) is 4.85. The molecule has 1 nitrogen and oxygen atoms in total. The van der Waals surface area contributed by atoms with Crippen LogP contribution in [0.25, 0.3) is 98.8 Å². The Morgan fingerprint density at radius 1 is 0.388 bits per heavy atom. The SMILES string of the molecule is [2H]c1c([2H])c([2H])c2c(-c3cccc4oc5c6ccccc6ccc5c34)c3c([2H])c(-c4ccccc4)c([2H])c([2H])c3c(-c3ccc(-c4ccccc4)cc3)c2c1[2H]. The van der Waals surface area contributed by atoms with Crippen LogP contribution in [0.2, 0.25) is 0 Å². The lowest BCUT2D eigenvalue weighted by Crippen LogP contribution is -1.92. The molecule has 0 fully saturated rings. The first-order chi connectivity index (χ1) is 27.2. The van der Waals surface area contributed by atoms with Crippen LogP contribution in [0.4, 0.5) is 0 Å². The highest BCUT2D eigenvalue weighted by atomic mass is 16.3. The maximum absolute atomic E-state index is 10.0. The van der Waals surface area contributed by atoms with Crippen LogP contribution in [0.1, 0.15) is 9.60 Å². The second-order valence-electron chi connectivity index (χ2n) is 12.3. The summed E-state index contributed by atoms with van der Waals surface area (Å²) >= 11 is 0. The van der Waals surface area contributed by atoms with Gasteiger partial charge in [0.15, 0.2) is 0 Å². The van der Waals surface area contributed by atoms with Crippen LogP contribution in [-0.4, -0.2) is 0 Å². The number of benzene rings is 9. The maximum Gasteiger partial charge on any atom is 0.143 e. The highest BCUT2D eigenvalue weighted by molar-refractivity contribution is 6.27. The molecule has 0 aliphatic rings. The number of hydrogen-bond acceptors (Lipinski definition) is 1. The molecular weight excluding hydrogens is 593 g/mol. The summed E-state index contributed by atoms with van der Waals surface area (Å²) in [5, 5.41) is 4.54. The fourth-order valence-corrected chi connectivity index (χ4v) is 7.25. The third-order valence-corrected chi connectivity index (χ3v) is 9.50. The molecule has 0 radical (unpaired) electrons. The van der Waals surface area contributed by atoms with Crippen molar-refractivity contribution in [2.45, 2.75) is 0 Å². The van der Waals surface area contributed by atoms with E-state index in [1.165, 1.54) is 0 Å². The molecule has 0 amide bonds. The van der Waals surface area contributed by atoms with E-state index in [0.717, 1.165) is 32.7 Å². The zero-order valence-electron chi connectivity index (χ0n) is 33.2. The van der Waals surface area contributed by atoms with E-state index in [0.29, 0.717) is 44.4 Å². The van der Waals surface area contributed by atoms with Crippen LogP contribution in [0.15, 0.2) is 186 Å². The van der Waals surface area contributed by atoms with Crippen molar-refractivity contribution in [2.24, 2.45) is 0 Å². The topological polar surface area (TPSA) is 13.1 Å². The van der Waals surface area contributed by atoms with E-state index in [1.807, 2.05) is 140 Å². The molecular formula is C48H30O. The summed E-state index contributed by atoms with van der Waals surface area (Å²) in [5.41, 5.74) is 6.08. The Hall–Kier alpha value is -6.44. The van der Waals surface area contributed by atoms with Crippen LogP contribution in [0.5, 0.6) is 0 Å². The zero-order chi connectivity index (χ0) is 38.4. The number of hydrogen-bond donors (Lipinski definition) is 0. The lowest BCUT2D eigenvalue weighted by molar-refractivity contribution is 0.673. The van der Waals surface area contributed by atoms with E-state index in [2.05, 4.69) is 0 Å². The van der Waals surface area contributed by atoms with Gasteiger partial charge in [0.05, 0.1) is 9.60 Å². The van der Waals surface area contributed by atoms with Gasteiger partial charge in [0, 0.05) is 16.2 Å². The van der Waals surface area contributed by atoms with Crippen molar-refractivity contribution in [2.75, 3.05) is 0 Å². The van der Waals surface area contributed by atoms with Gasteiger partial charge < -0.3 is 4.42 Å². The molecule has 0 saturated heterocycles. The Morgan fingerprint density at radius 3 is 1.80 bits per heavy atom. The molecule has 0 atom stereocenters. The van der Waals surface area contributed by atoms with Crippen molar-refractivity contribution in [3.8, 4) is 44.5 Å². The first-order valence-corrected chi connectivity index (χ1v) is 16.3. The monoisotopic (exact) mass is 629 g/mol. The minimum Gasteiger partial charge on any atom is -0.455 e. The van der Waals surface area contributed by atoms with Crippen molar-refractivity contribution < 1.29 is 14.0 Å². The quantitative estimate of drug-likeness (QED) is 0.177. The summed E-state index contributed by atoms with van der Waals surface area (Å²) in [6, 6.07) is 42.8. The van der Waals surface area contributed by atoms with E-state index >= 15 is 0 Å². The Labute approximate surface area is 294 Å². The van der Waals surface area contributed by atoms with Gasteiger partial charge in [-0.25, -0.2) is 0 Å². The molecule has 10 rings (SSSR count). The second kappa shape index (κ2) is 11.1. The van der Waals surface area contributed by atoms with E-state index in [9.17, 15) is 6.85 Å². The largest absolute Gasteiger partial charge is 0.455 e.